The molecule has 1 atom stereocenters. The van der Waals surface area contributed by atoms with Gasteiger partial charge < -0.3 is 14.8 Å². The highest BCUT2D eigenvalue weighted by atomic mass is 79.9. The van der Waals surface area contributed by atoms with Gasteiger partial charge in [0.05, 0.1) is 0 Å². The Morgan fingerprint density at radius 3 is 2.57 bits per heavy atom. The Bertz CT molecular complexity index is 657. The number of aryl methyl sites for hydroxylation is 1. The lowest BCUT2D eigenvalue weighted by molar-refractivity contribution is 0.171. The molecule has 1 N–H and O–H groups in total. The molecule has 0 saturated heterocycles. The second kappa shape index (κ2) is 5.98. The molecular formula is C17H18BrNO2. The molecular weight excluding hydrogens is 330 g/mol. The quantitative estimate of drug-likeness (QED) is 0.872. The van der Waals surface area contributed by atoms with Gasteiger partial charge in [-0.15, -0.1) is 0 Å². The van der Waals surface area contributed by atoms with Crippen LogP contribution in [0.3, 0.4) is 0 Å². The van der Waals surface area contributed by atoms with Crippen LogP contribution in [0.2, 0.25) is 0 Å². The molecule has 1 unspecified atom stereocenters. The first-order valence-electron chi connectivity index (χ1n) is 7.06. The van der Waals surface area contributed by atoms with Gasteiger partial charge in [0.2, 0.25) is 0 Å². The Hall–Kier alpha value is -1.68. The third-order valence-corrected chi connectivity index (χ3v) is 4.22. The van der Waals surface area contributed by atoms with Crippen LogP contribution < -0.4 is 14.8 Å². The first-order chi connectivity index (χ1) is 10.1. The van der Waals surface area contributed by atoms with E-state index in [0.717, 1.165) is 21.7 Å². The second-order valence-electron chi connectivity index (χ2n) is 5.25. The van der Waals surface area contributed by atoms with Gasteiger partial charge in [-0.3, -0.25) is 0 Å². The van der Waals surface area contributed by atoms with Crippen LogP contribution in [0.15, 0.2) is 40.9 Å². The topological polar surface area (TPSA) is 30.5 Å². The lowest BCUT2D eigenvalue weighted by Gasteiger charge is -2.22. The minimum Gasteiger partial charge on any atom is -0.486 e. The van der Waals surface area contributed by atoms with E-state index in [2.05, 4.69) is 59.4 Å². The highest BCUT2D eigenvalue weighted by Crippen LogP contribution is 2.34. The average Bonchev–Trinajstić information content (AvgIpc) is 2.49. The van der Waals surface area contributed by atoms with Crippen molar-refractivity contribution in [2.45, 2.75) is 19.9 Å². The van der Waals surface area contributed by atoms with E-state index < -0.39 is 0 Å². The van der Waals surface area contributed by atoms with Crippen molar-refractivity contribution >= 4 is 21.6 Å². The predicted octanol–water partition coefficient (Wildman–Crippen LogP) is 4.70. The summed E-state index contributed by atoms with van der Waals surface area (Å²) in [7, 11) is 0. The van der Waals surface area contributed by atoms with Crippen molar-refractivity contribution in [1.82, 2.24) is 0 Å². The molecule has 21 heavy (non-hydrogen) atoms. The molecule has 1 aliphatic rings. The fraction of sp³-hybridized carbons (Fsp3) is 0.294. The van der Waals surface area contributed by atoms with Crippen LogP contribution in [0.1, 0.15) is 24.1 Å². The van der Waals surface area contributed by atoms with Crippen LogP contribution >= 0.6 is 15.9 Å². The molecule has 4 heteroatoms. The van der Waals surface area contributed by atoms with Crippen LogP contribution in [0.4, 0.5) is 5.69 Å². The highest BCUT2D eigenvalue weighted by Gasteiger charge is 2.15. The monoisotopic (exact) mass is 347 g/mol. The maximum Gasteiger partial charge on any atom is 0.161 e. The minimum atomic E-state index is 0.180. The number of anilines is 1. The summed E-state index contributed by atoms with van der Waals surface area (Å²) in [6.07, 6.45) is 0. The molecule has 3 rings (SSSR count). The first-order valence-corrected chi connectivity index (χ1v) is 7.85. The van der Waals surface area contributed by atoms with Crippen molar-refractivity contribution in [1.29, 1.82) is 0 Å². The number of hydrogen-bond donors (Lipinski definition) is 1. The Balaban J connectivity index is 1.80. The fourth-order valence-corrected chi connectivity index (χ4v) is 2.99. The molecule has 1 heterocycles. The summed E-state index contributed by atoms with van der Waals surface area (Å²) in [6, 6.07) is 12.6. The van der Waals surface area contributed by atoms with Crippen LogP contribution in [-0.4, -0.2) is 13.2 Å². The zero-order valence-electron chi connectivity index (χ0n) is 12.2. The molecule has 0 radical (unpaired) electrons. The number of halogens is 1. The van der Waals surface area contributed by atoms with E-state index in [1.165, 1.54) is 11.1 Å². The zero-order chi connectivity index (χ0) is 14.8. The molecule has 0 fully saturated rings. The summed E-state index contributed by atoms with van der Waals surface area (Å²) in [5.41, 5.74) is 3.49. The van der Waals surface area contributed by atoms with Crippen molar-refractivity contribution in [2.75, 3.05) is 18.5 Å². The third-order valence-electron chi connectivity index (χ3n) is 3.56. The van der Waals surface area contributed by atoms with E-state index in [1.807, 2.05) is 12.1 Å². The van der Waals surface area contributed by atoms with Crippen molar-refractivity contribution in [2.24, 2.45) is 0 Å². The normalized spacial score (nSPS) is 14.6. The zero-order valence-corrected chi connectivity index (χ0v) is 13.7. The second-order valence-corrected chi connectivity index (χ2v) is 6.11. The minimum absolute atomic E-state index is 0.180. The molecule has 1 aliphatic heterocycles. The molecule has 0 amide bonds. The van der Waals surface area contributed by atoms with E-state index in [-0.39, 0.29) is 6.04 Å². The molecule has 0 spiro atoms. The van der Waals surface area contributed by atoms with Crippen molar-refractivity contribution in [3.63, 3.8) is 0 Å². The fourth-order valence-electron chi connectivity index (χ4n) is 2.38. The predicted molar refractivity (Wildman–Crippen MR) is 88.3 cm³/mol. The Morgan fingerprint density at radius 2 is 1.81 bits per heavy atom. The van der Waals surface area contributed by atoms with Crippen molar-refractivity contribution < 1.29 is 9.47 Å². The van der Waals surface area contributed by atoms with E-state index in [0.29, 0.717) is 13.2 Å². The summed E-state index contributed by atoms with van der Waals surface area (Å²) in [5.74, 6) is 1.66. The lowest BCUT2D eigenvalue weighted by atomic mass is 10.1. The van der Waals surface area contributed by atoms with Gasteiger partial charge in [0.1, 0.15) is 13.2 Å². The molecule has 2 aromatic carbocycles. The Kier molecular flexibility index (Phi) is 4.06. The summed E-state index contributed by atoms with van der Waals surface area (Å²) >= 11 is 3.60. The largest absolute Gasteiger partial charge is 0.486 e. The molecule has 110 valence electrons. The summed E-state index contributed by atoms with van der Waals surface area (Å²) < 4.78 is 12.3. The van der Waals surface area contributed by atoms with E-state index in [1.54, 1.807) is 0 Å². The van der Waals surface area contributed by atoms with Gasteiger partial charge in [-0.25, -0.2) is 0 Å². The van der Waals surface area contributed by atoms with Gasteiger partial charge >= 0.3 is 0 Å². The van der Waals surface area contributed by atoms with Crippen LogP contribution in [-0.2, 0) is 0 Å². The smallest absolute Gasteiger partial charge is 0.161 e. The average molecular weight is 348 g/mol. The summed E-state index contributed by atoms with van der Waals surface area (Å²) in [5, 5.41) is 3.52. The highest BCUT2D eigenvalue weighted by molar-refractivity contribution is 9.10. The van der Waals surface area contributed by atoms with Gasteiger partial charge in [-0.2, -0.15) is 0 Å². The molecule has 0 saturated carbocycles. The molecule has 0 aliphatic carbocycles. The van der Waals surface area contributed by atoms with Gasteiger partial charge in [0.15, 0.2) is 11.5 Å². The SMILES string of the molecule is Cc1ccc(NC(C)c2ccc3c(c2)OCCO3)c(Br)c1. The number of ether oxygens (including phenoxy) is 2. The Morgan fingerprint density at radius 1 is 1.05 bits per heavy atom. The number of fused-ring (bicyclic) bond motifs is 1. The third kappa shape index (κ3) is 3.16. The molecule has 3 nitrogen and oxygen atoms in total. The number of nitrogens with one attached hydrogen (secondary N) is 1. The molecule has 0 aromatic heterocycles. The van der Waals surface area contributed by atoms with Gasteiger partial charge in [0.25, 0.3) is 0 Å². The van der Waals surface area contributed by atoms with Crippen molar-refractivity contribution in [3.8, 4) is 11.5 Å². The lowest BCUT2D eigenvalue weighted by Crippen LogP contribution is -2.16. The van der Waals surface area contributed by atoms with E-state index in [9.17, 15) is 0 Å². The maximum atomic E-state index is 5.64. The van der Waals surface area contributed by atoms with E-state index >= 15 is 0 Å². The van der Waals surface area contributed by atoms with Crippen LogP contribution in [0.5, 0.6) is 11.5 Å². The van der Waals surface area contributed by atoms with Crippen LogP contribution in [0.25, 0.3) is 0 Å². The van der Waals surface area contributed by atoms with Gasteiger partial charge in [-0.1, -0.05) is 12.1 Å². The summed E-state index contributed by atoms with van der Waals surface area (Å²) in [6.45, 7) is 5.45. The summed E-state index contributed by atoms with van der Waals surface area (Å²) in [4.78, 5) is 0. The number of hydrogen-bond acceptors (Lipinski definition) is 3. The van der Waals surface area contributed by atoms with Crippen molar-refractivity contribution in [3.05, 3.63) is 52.0 Å². The number of benzene rings is 2. The van der Waals surface area contributed by atoms with Gasteiger partial charge in [-0.05, 0) is 65.2 Å². The molecule has 2 aromatic rings. The van der Waals surface area contributed by atoms with E-state index in [4.69, 9.17) is 9.47 Å². The first kappa shape index (κ1) is 14.3. The number of rotatable bonds is 3. The van der Waals surface area contributed by atoms with Crippen LogP contribution in [0, 0.1) is 6.92 Å². The Labute approximate surface area is 133 Å². The maximum absolute atomic E-state index is 5.64. The van der Waals surface area contributed by atoms with Gasteiger partial charge in [0, 0.05) is 16.2 Å². The standard InChI is InChI=1S/C17H18BrNO2/c1-11-3-5-15(14(18)9-11)19-12(2)13-4-6-16-17(10-13)21-8-7-20-16/h3-6,9-10,12,19H,7-8H2,1-2H3. The molecule has 0 bridgehead atoms.